The van der Waals surface area contributed by atoms with E-state index in [-0.39, 0.29) is 17.8 Å². The number of amides is 1. The molecule has 0 atom stereocenters. The summed E-state index contributed by atoms with van der Waals surface area (Å²) in [5.41, 5.74) is 1.95. The van der Waals surface area contributed by atoms with Crippen molar-refractivity contribution in [3.8, 4) is 23.1 Å². The van der Waals surface area contributed by atoms with Gasteiger partial charge < -0.3 is 9.15 Å². The molecular formula is C20H17N5O3. The first kappa shape index (κ1) is 17.5. The maximum atomic E-state index is 12.4. The number of carbonyl (C=O) groups is 1. The SMILES string of the molecule is Cc1cc(-c2nnc(NC(=O)c3ccc(Oc4ccccc4)cc3)o2)nn1C. The van der Waals surface area contributed by atoms with E-state index in [0.717, 1.165) is 11.4 Å². The molecule has 2 heterocycles. The number of rotatable bonds is 5. The molecule has 28 heavy (non-hydrogen) atoms. The topological polar surface area (TPSA) is 95.1 Å². The van der Waals surface area contributed by atoms with Crippen LogP contribution in [0.4, 0.5) is 6.01 Å². The standard InChI is InChI=1S/C20H17N5O3/c1-13-12-17(24-25(13)2)19-22-23-20(28-19)21-18(26)14-8-10-16(11-9-14)27-15-6-4-3-5-7-15/h3-12H,1-2H3,(H,21,23,26). The molecule has 0 fully saturated rings. The minimum Gasteiger partial charge on any atom is -0.457 e. The lowest BCUT2D eigenvalue weighted by Gasteiger charge is -2.06. The summed E-state index contributed by atoms with van der Waals surface area (Å²) in [6.07, 6.45) is 0. The predicted octanol–water partition coefficient (Wildman–Crippen LogP) is 3.82. The number of anilines is 1. The van der Waals surface area contributed by atoms with Crippen molar-refractivity contribution in [1.29, 1.82) is 0 Å². The zero-order valence-corrected chi connectivity index (χ0v) is 15.3. The molecule has 2 aromatic carbocycles. The van der Waals surface area contributed by atoms with Gasteiger partial charge in [0.15, 0.2) is 0 Å². The zero-order valence-electron chi connectivity index (χ0n) is 15.3. The summed E-state index contributed by atoms with van der Waals surface area (Å²) in [6, 6.07) is 18.0. The lowest BCUT2D eigenvalue weighted by atomic mass is 10.2. The highest BCUT2D eigenvalue weighted by Gasteiger charge is 2.15. The van der Waals surface area contributed by atoms with Crippen molar-refractivity contribution >= 4 is 11.9 Å². The quantitative estimate of drug-likeness (QED) is 0.570. The molecule has 1 amide bonds. The van der Waals surface area contributed by atoms with E-state index in [1.54, 1.807) is 28.9 Å². The fraction of sp³-hybridized carbons (Fsp3) is 0.100. The van der Waals surface area contributed by atoms with Crippen LogP contribution in [-0.2, 0) is 7.05 Å². The molecule has 2 aromatic heterocycles. The average molecular weight is 375 g/mol. The number of ether oxygens (including phenoxy) is 1. The molecule has 0 bridgehead atoms. The first-order chi connectivity index (χ1) is 13.6. The summed E-state index contributed by atoms with van der Waals surface area (Å²) >= 11 is 0. The average Bonchev–Trinajstić information content (AvgIpc) is 3.30. The largest absolute Gasteiger partial charge is 0.457 e. The molecular weight excluding hydrogens is 358 g/mol. The van der Waals surface area contributed by atoms with E-state index in [2.05, 4.69) is 20.6 Å². The van der Waals surface area contributed by atoms with Gasteiger partial charge in [0.25, 0.3) is 11.8 Å². The van der Waals surface area contributed by atoms with Crippen LogP contribution in [0.1, 0.15) is 16.1 Å². The molecule has 8 nitrogen and oxygen atoms in total. The van der Waals surface area contributed by atoms with Crippen LogP contribution in [-0.4, -0.2) is 25.9 Å². The molecule has 140 valence electrons. The highest BCUT2D eigenvalue weighted by Crippen LogP contribution is 2.22. The van der Waals surface area contributed by atoms with Crippen molar-refractivity contribution in [3.63, 3.8) is 0 Å². The van der Waals surface area contributed by atoms with Crippen molar-refractivity contribution in [2.45, 2.75) is 6.92 Å². The molecule has 0 unspecified atom stereocenters. The van der Waals surface area contributed by atoms with E-state index in [4.69, 9.17) is 9.15 Å². The number of benzene rings is 2. The van der Waals surface area contributed by atoms with Crippen LogP contribution in [0.3, 0.4) is 0 Å². The van der Waals surface area contributed by atoms with Crippen molar-refractivity contribution in [2.24, 2.45) is 7.05 Å². The van der Waals surface area contributed by atoms with Gasteiger partial charge in [0, 0.05) is 18.3 Å². The van der Waals surface area contributed by atoms with Crippen molar-refractivity contribution in [1.82, 2.24) is 20.0 Å². The minimum absolute atomic E-state index is 0.00733. The summed E-state index contributed by atoms with van der Waals surface area (Å²) < 4.78 is 12.9. The van der Waals surface area contributed by atoms with Gasteiger partial charge >= 0.3 is 6.01 Å². The summed E-state index contributed by atoms with van der Waals surface area (Å²) in [6.45, 7) is 1.92. The number of hydrogen-bond acceptors (Lipinski definition) is 6. The molecule has 0 aliphatic rings. The summed E-state index contributed by atoms with van der Waals surface area (Å²) in [5.74, 6) is 1.24. The Hall–Kier alpha value is -3.94. The van der Waals surface area contributed by atoms with E-state index in [9.17, 15) is 4.79 Å². The molecule has 0 aliphatic heterocycles. The number of aryl methyl sites for hydroxylation is 2. The van der Waals surface area contributed by atoms with Gasteiger partial charge in [-0.2, -0.15) is 5.10 Å². The van der Waals surface area contributed by atoms with Gasteiger partial charge in [0.2, 0.25) is 0 Å². The third-order valence-electron chi connectivity index (χ3n) is 4.07. The Kier molecular flexibility index (Phi) is 4.59. The number of carbonyl (C=O) groups excluding carboxylic acids is 1. The van der Waals surface area contributed by atoms with Gasteiger partial charge in [-0.3, -0.25) is 14.8 Å². The molecule has 8 heteroatoms. The smallest absolute Gasteiger partial charge is 0.322 e. The Labute approximate surface area is 160 Å². The van der Waals surface area contributed by atoms with E-state index < -0.39 is 0 Å². The van der Waals surface area contributed by atoms with Crippen LogP contribution in [0.5, 0.6) is 11.5 Å². The maximum Gasteiger partial charge on any atom is 0.322 e. The molecule has 1 N–H and O–H groups in total. The summed E-state index contributed by atoms with van der Waals surface area (Å²) in [4.78, 5) is 12.4. The maximum absolute atomic E-state index is 12.4. The van der Waals surface area contributed by atoms with E-state index >= 15 is 0 Å². The van der Waals surface area contributed by atoms with Crippen LogP contribution in [0.2, 0.25) is 0 Å². The van der Waals surface area contributed by atoms with Crippen LogP contribution in [0.25, 0.3) is 11.6 Å². The first-order valence-electron chi connectivity index (χ1n) is 8.57. The predicted molar refractivity (Wildman–Crippen MR) is 102 cm³/mol. The van der Waals surface area contributed by atoms with E-state index in [1.165, 1.54) is 0 Å². The number of nitrogens with zero attached hydrogens (tertiary/aromatic N) is 4. The van der Waals surface area contributed by atoms with Gasteiger partial charge in [-0.1, -0.05) is 23.3 Å². The van der Waals surface area contributed by atoms with E-state index in [1.807, 2.05) is 50.4 Å². The van der Waals surface area contributed by atoms with Gasteiger partial charge in [-0.15, -0.1) is 5.10 Å². The molecule has 0 radical (unpaired) electrons. The Morgan fingerprint density at radius 1 is 1.04 bits per heavy atom. The van der Waals surface area contributed by atoms with Gasteiger partial charge in [-0.25, -0.2) is 0 Å². The Morgan fingerprint density at radius 3 is 2.43 bits per heavy atom. The van der Waals surface area contributed by atoms with Crippen molar-refractivity contribution < 1.29 is 13.9 Å². The van der Waals surface area contributed by atoms with E-state index in [0.29, 0.717) is 17.0 Å². The second-order valence-corrected chi connectivity index (χ2v) is 6.10. The monoisotopic (exact) mass is 375 g/mol. The lowest BCUT2D eigenvalue weighted by Crippen LogP contribution is -2.11. The molecule has 4 aromatic rings. The second-order valence-electron chi connectivity index (χ2n) is 6.10. The third kappa shape index (κ3) is 3.75. The Balaban J connectivity index is 1.42. The second kappa shape index (κ2) is 7.36. The van der Waals surface area contributed by atoms with Gasteiger partial charge in [0.05, 0.1) is 0 Å². The van der Waals surface area contributed by atoms with Gasteiger partial charge in [0.1, 0.15) is 17.2 Å². The van der Waals surface area contributed by atoms with Crippen molar-refractivity contribution in [2.75, 3.05) is 5.32 Å². The normalized spacial score (nSPS) is 10.6. The minimum atomic E-state index is -0.362. The Morgan fingerprint density at radius 2 is 1.75 bits per heavy atom. The molecule has 4 rings (SSSR count). The highest BCUT2D eigenvalue weighted by molar-refractivity contribution is 6.03. The van der Waals surface area contributed by atoms with Gasteiger partial charge in [-0.05, 0) is 49.4 Å². The number of aromatic nitrogens is 4. The highest BCUT2D eigenvalue weighted by atomic mass is 16.5. The van der Waals surface area contributed by atoms with Crippen molar-refractivity contribution in [3.05, 3.63) is 71.9 Å². The lowest BCUT2D eigenvalue weighted by molar-refractivity contribution is 0.102. The Bertz CT molecular complexity index is 1080. The number of nitrogens with one attached hydrogen (secondary N) is 1. The fourth-order valence-electron chi connectivity index (χ4n) is 2.51. The molecule has 0 saturated heterocycles. The summed E-state index contributed by atoms with van der Waals surface area (Å²) in [7, 11) is 1.82. The number of para-hydroxylation sites is 1. The zero-order chi connectivity index (χ0) is 19.5. The fourth-order valence-corrected chi connectivity index (χ4v) is 2.51. The first-order valence-corrected chi connectivity index (χ1v) is 8.57. The number of hydrogen-bond donors (Lipinski definition) is 1. The molecule has 0 aliphatic carbocycles. The molecule has 0 spiro atoms. The summed E-state index contributed by atoms with van der Waals surface area (Å²) in [5, 5.41) is 14.6. The molecule has 0 saturated carbocycles. The van der Waals surface area contributed by atoms with Crippen LogP contribution < -0.4 is 10.1 Å². The van der Waals surface area contributed by atoms with Crippen LogP contribution in [0, 0.1) is 6.92 Å². The van der Waals surface area contributed by atoms with Crippen LogP contribution >= 0.6 is 0 Å². The van der Waals surface area contributed by atoms with Crippen LogP contribution in [0.15, 0.2) is 65.1 Å². The third-order valence-corrected chi connectivity index (χ3v) is 4.07.